The van der Waals surface area contributed by atoms with Crippen LogP contribution in [0.25, 0.3) is 0 Å². The van der Waals surface area contributed by atoms with Crippen molar-refractivity contribution < 1.29 is 4.79 Å². The molecule has 1 unspecified atom stereocenters. The summed E-state index contributed by atoms with van der Waals surface area (Å²) < 4.78 is 0. The standard InChI is InChI=1S/C16H28N4O/c1-2-17-15(18-8-6-13-4-5-13)20-9-3-7-16(12-20)10-14(21)19-11-16/h13H,2-12H2,1H3,(H,17,18)(H,19,21). The van der Waals surface area contributed by atoms with Crippen LogP contribution in [0, 0.1) is 11.3 Å². The van der Waals surface area contributed by atoms with Gasteiger partial charge in [0.05, 0.1) is 0 Å². The van der Waals surface area contributed by atoms with E-state index in [9.17, 15) is 4.79 Å². The monoisotopic (exact) mass is 292 g/mol. The lowest BCUT2D eigenvalue weighted by Gasteiger charge is -2.40. The van der Waals surface area contributed by atoms with E-state index in [2.05, 4.69) is 22.5 Å². The quantitative estimate of drug-likeness (QED) is 0.607. The van der Waals surface area contributed by atoms with Crippen LogP contribution in [0.1, 0.15) is 45.4 Å². The summed E-state index contributed by atoms with van der Waals surface area (Å²) in [4.78, 5) is 18.8. The molecule has 3 fully saturated rings. The Morgan fingerprint density at radius 2 is 2.38 bits per heavy atom. The van der Waals surface area contributed by atoms with E-state index in [1.807, 2.05) is 0 Å². The summed E-state index contributed by atoms with van der Waals surface area (Å²) in [5, 5.41) is 6.45. The Bertz CT molecular complexity index is 419. The van der Waals surface area contributed by atoms with Gasteiger partial charge in [-0.05, 0) is 32.1 Å². The van der Waals surface area contributed by atoms with Crippen LogP contribution in [0.3, 0.4) is 0 Å². The van der Waals surface area contributed by atoms with Gasteiger partial charge in [0.1, 0.15) is 0 Å². The van der Waals surface area contributed by atoms with Gasteiger partial charge in [-0.1, -0.05) is 12.8 Å². The Morgan fingerprint density at radius 3 is 3.05 bits per heavy atom. The van der Waals surface area contributed by atoms with Crippen LogP contribution in [-0.2, 0) is 4.79 Å². The summed E-state index contributed by atoms with van der Waals surface area (Å²) in [6.07, 6.45) is 7.02. The van der Waals surface area contributed by atoms with Gasteiger partial charge in [-0.2, -0.15) is 0 Å². The van der Waals surface area contributed by atoms with Gasteiger partial charge in [0.25, 0.3) is 0 Å². The topological polar surface area (TPSA) is 56.7 Å². The molecule has 2 aliphatic heterocycles. The number of hydrogen-bond donors (Lipinski definition) is 2. The van der Waals surface area contributed by atoms with E-state index in [1.54, 1.807) is 0 Å². The molecule has 2 saturated heterocycles. The summed E-state index contributed by atoms with van der Waals surface area (Å²) in [7, 11) is 0. The summed E-state index contributed by atoms with van der Waals surface area (Å²) >= 11 is 0. The van der Waals surface area contributed by atoms with Crippen molar-refractivity contribution in [2.75, 3.05) is 32.7 Å². The fraction of sp³-hybridized carbons (Fsp3) is 0.875. The molecule has 2 heterocycles. The molecule has 5 nitrogen and oxygen atoms in total. The zero-order valence-electron chi connectivity index (χ0n) is 13.2. The first-order valence-corrected chi connectivity index (χ1v) is 8.51. The molecule has 0 aromatic rings. The zero-order valence-corrected chi connectivity index (χ0v) is 13.2. The minimum Gasteiger partial charge on any atom is -0.357 e. The average molecular weight is 292 g/mol. The van der Waals surface area contributed by atoms with E-state index >= 15 is 0 Å². The first-order valence-electron chi connectivity index (χ1n) is 8.51. The summed E-state index contributed by atoms with van der Waals surface area (Å²) in [5.41, 5.74) is 0.141. The van der Waals surface area contributed by atoms with Gasteiger partial charge in [-0.15, -0.1) is 0 Å². The van der Waals surface area contributed by atoms with Crippen molar-refractivity contribution in [3.63, 3.8) is 0 Å². The maximum absolute atomic E-state index is 11.6. The van der Waals surface area contributed by atoms with Gasteiger partial charge < -0.3 is 15.5 Å². The maximum atomic E-state index is 11.6. The van der Waals surface area contributed by atoms with Gasteiger partial charge in [0.15, 0.2) is 5.96 Å². The van der Waals surface area contributed by atoms with Crippen LogP contribution in [0.5, 0.6) is 0 Å². The molecule has 1 atom stereocenters. The van der Waals surface area contributed by atoms with Crippen molar-refractivity contribution in [1.29, 1.82) is 0 Å². The molecule has 0 aromatic heterocycles. The van der Waals surface area contributed by atoms with Crippen LogP contribution in [0.2, 0.25) is 0 Å². The third-order valence-electron chi connectivity index (χ3n) is 4.99. The number of piperidine rings is 1. The number of likely N-dealkylation sites (tertiary alicyclic amines) is 1. The fourth-order valence-electron chi connectivity index (χ4n) is 3.61. The molecule has 21 heavy (non-hydrogen) atoms. The second-order valence-electron chi connectivity index (χ2n) is 6.95. The van der Waals surface area contributed by atoms with E-state index in [1.165, 1.54) is 19.3 Å². The highest BCUT2D eigenvalue weighted by Gasteiger charge is 2.42. The van der Waals surface area contributed by atoms with Crippen molar-refractivity contribution in [3.8, 4) is 0 Å². The lowest BCUT2D eigenvalue weighted by Crippen LogP contribution is -2.51. The van der Waals surface area contributed by atoms with E-state index < -0.39 is 0 Å². The van der Waals surface area contributed by atoms with Crippen molar-refractivity contribution in [2.45, 2.75) is 45.4 Å². The molecule has 0 radical (unpaired) electrons. The largest absolute Gasteiger partial charge is 0.357 e. The third-order valence-corrected chi connectivity index (χ3v) is 4.99. The van der Waals surface area contributed by atoms with Crippen molar-refractivity contribution >= 4 is 11.9 Å². The molecular weight excluding hydrogens is 264 g/mol. The Morgan fingerprint density at radius 1 is 1.52 bits per heavy atom. The van der Waals surface area contributed by atoms with Crippen LogP contribution >= 0.6 is 0 Å². The Hall–Kier alpha value is -1.26. The lowest BCUT2D eigenvalue weighted by atomic mass is 9.79. The molecule has 118 valence electrons. The van der Waals surface area contributed by atoms with Crippen LogP contribution < -0.4 is 10.6 Å². The second kappa shape index (κ2) is 6.24. The summed E-state index contributed by atoms with van der Waals surface area (Å²) in [6, 6.07) is 0. The molecule has 5 heteroatoms. The molecule has 1 spiro atoms. The highest BCUT2D eigenvalue weighted by molar-refractivity contribution is 5.81. The predicted octanol–water partition coefficient (Wildman–Crippen LogP) is 1.35. The van der Waals surface area contributed by atoms with E-state index in [0.29, 0.717) is 6.42 Å². The smallest absolute Gasteiger partial charge is 0.220 e. The molecular formula is C16H28N4O. The summed E-state index contributed by atoms with van der Waals surface area (Å²) in [6.45, 7) is 6.82. The summed E-state index contributed by atoms with van der Waals surface area (Å²) in [5.74, 6) is 2.20. The Kier molecular flexibility index (Phi) is 4.36. The highest BCUT2D eigenvalue weighted by Crippen LogP contribution is 2.36. The normalized spacial score (nSPS) is 29.9. The van der Waals surface area contributed by atoms with Crippen LogP contribution in [-0.4, -0.2) is 49.5 Å². The van der Waals surface area contributed by atoms with Crippen molar-refractivity contribution in [3.05, 3.63) is 0 Å². The number of carbonyl (C=O) groups is 1. The number of rotatable bonds is 4. The molecule has 0 bridgehead atoms. The number of hydrogen-bond acceptors (Lipinski definition) is 2. The molecule has 2 N–H and O–H groups in total. The van der Waals surface area contributed by atoms with E-state index in [-0.39, 0.29) is 11.3 Å². The highest BCUT2D eigenvalue weighted by atomic mass is 16.1. The van der Waals surface area contributed by atoms with Gasteiger partial charge in [-0.3, -0.25) is 9.79 Å². The number of aliphatic imine (C=N–C) groups is 1. The maximum Gasteiger partial charge on any atom is 0.220 e. The fourth-order valence-corrected chi connectivity index (χ4v) is 3.61. The molecule has 1 amide bonds. The minimum atomic E-state index is 0.141. The van der Waals surface area contributed by atoms with Crippen molar-refractivity contribution in [1.82, 2.24) is 15.5 Å². The molecule has 0 aromatic carbocycles. The Labute approximate surface area is 127 Å². The zero-order chi connectivity index (χ0) is 14.7. The SMILES string of the molecule is CCNC(=NCCC1CC1)N1CCCC2(CNC(=O)C2)C1. The van der Waals surface area contributed by atoms with Crippen LogP contribution in [0.15, 0.2) is 4.99 Å². The number of nitrogens with one attached hydrogen (secondary N) is 2. The van der Waals surface area contributed by atoms with Gasteiger partial charge in [0, 0.05) is 44.6 Å². The average Bonchev–Trinajstić information content (AvgIpc) is 3.23. The number of nitrogens with zero attached hydrogens (tertiary/aromatic N) is 2. The number of guanidine groups is 1. The third kappa shape index (κ3) is 3.69. The molecule has 3 rings (SSSR count). The first kappa shape index (κ1) is 14.7. The molecule has 3 aliphatic rings. The van der Waals surface area contributed by atoms with E-state index in [4.69, 9.17) is 4.99 Å². The van der Waals surface area contributed by atoms with Gasteiger partial charge in [-0.25, -0.2) is 0 Å². The molecule has 1 saturated carbocycles. The predicted molar refractivity (Wildman–Crippen MR) is 84.2 cm³/mol. The minimum absolute atomic E-state index is 0.141. The van der Waals surface area contributed by atoms with Gasteiger partial charge in [0.2, 0.25) is 5.91 Å². The number of amides is 1. The Balaban J connectivity index is 1.62. The molecule has 1 aliphatic carbocycles. The number of carbonyl (C=O) groups excluding carboxylic acids is 1. The first-order chi connectivity index (χ1) is 10.2. The lowest BCUT2D eigenvalue weighted by molar-refractivity contribution is -0.119. The second-order valence-corrected chi connectivity index (χ2v) is 6.95. The van der Waals surface area contributed by atoms with Crippen molar-refractivity contribution in [2.24, 2.45) is 16.3 Å². The van der Waals surface area contributed by atoms with E-state index in [0.717, 1.165) is 57.4 Å². The van der Waals surface area contributed by atoms with Crippen LogP contribution in [0.4, 0.5) is 0 Å². The van der Waals surface area contributed by atoms with Gasteiger partial charge >= 0.3 is 0 Å².